The largest absolute Gasteiger partial charge is 0.497 e. The van der Waals surface area contributed by atoms with Crippen molar-refractivity contribution in [2.75, 3.05) is 13.7 Å². The van der Waals surface area contributed by atoms with Crippen molar-refractivity contribution in [2.45, 2.75) is 20.3 Å². The lowest BCUT2D eigenvalue weighted by Crippen LogP contribution is -2.12. The number of ether oxygens (including phenoxy) is 3. The number of hydrogen-bond donors (Lipinski definition) is 0. The van der Waals surface area contributed by atoms with Gasteiger partial charge in [0.2, 0.25) is 0 Å². The summed E-state index contributed by atoms with van der Waals surface area (Å²) >= 11 is 0. The van der Waals surface area contributed by atoms with Gasteiger partial charge in [0.25, 0.3) is 0 Å². The van der Waals surface area contributed by atoms with Gasteiger partial charge in [0.05, 0.1) is 24.8 Å². The Hall–Kier alpha value is -3.60. The van der Waals surface area contributed by atoms with Crippen molar-refractivity contribution in [2.24, 2.45) is 5.92 Å². The number of esters is 2. The third-order valence-corrected chi connectivity index (χ3v) is 5.04. The fourth-order valence-electron chi connectivity index (χ4n) is 2.83. The van der Waals surface area contributed by atoms with Crippen molar-refractivity contribution >= 4 is 11.9 Å². The number of benzene rings is 3. The van der Waals surface area contributed by atoms with Crippen molar-refractivity contribution in [3.63, 3.8) is 0 Å². The van der Waals surface area contributed by atoms with Gasteiger partial charge in [0.1, 0.15) is 11.5 Å². The molecule has 0 radical (unpaired) electrons. The van der Waals surface area contributed by atoms with E-state index in [1.165, 1.54) is 0 Å². The van der Waals surface area contributed by atoms with E-state index in [0.717, 1.165) is 23.3 Å². The molecule has 0 fully saturated rings. The number of rotatable bonds is 8. The molecule has 160 valence electrons. The molecule has 3 aromatic carbocycles. The van der Waals surface area contributed by atoms with Crippen LogP contribution in [0.15, 0.2) is 72.8 Å². The molecule has 0 saturated carbocycles. The smallest absolute Gasteiger partial charge is 0.343 e. The van der Waals surface area contributed by atoms with Crippen molar-refractivity contribution in [3.05, 3.63) is 83.9 Å². The first kappa shape index (κ1) is 22.1. The molecule has 5 heteroatoms. The van der Waals surface area contributed by atoms with E-state index < -0.39 is 5.97 Å². The maximum atomic E-state index is 12.4. The van der Waals surface area contributed by atoms with Crippen LogP contribution >= 0.6 is 0 Å². The Balaban J connectivity index is 1.60. The molecule has 0 heterocycles. The van der Waals surface area contributed by atoms with Crippen LogP contribution in [0.3, 0.4) is 0 Å². The molecule has 0 aliphatic rings. The Morgan fingerprint density at radius 3 is 1.77 bits per heavy atom. The maximum absolute atomic E-state index is 12.4. The van der Waals surface area contributed by atoms with Crippen LogP contribution in [0.1, 0.15) is 41.0 Å². The van der Waals surface area contributed by atoms with Crippen molar-refractivity contribution in [3.8, 4) is 22.6 Å². The van der Waals surface area contributed by atoms with Crippen molar-refractivity contribution in [1.82, 2.24) is 0 Å². The lowest BCUT2D eigenvalue weighted by atomic mass is 10.0. The molecule has 0 aliphatic carbocycles. The summed E-state index contributed by atoms with van der Waals surface area (Å²) in [5, 5.41) is 0. The molecule has 31 heavy (non-hydrogen) atoms. The molecule has 0 saturated heterocycles. The highest BCUT2D eigenvalue weighted by Crippen LogP contribution is 2.23. The summed E-state index contributed by atoms with van der Waals surface area (Å²) in [6.45, 7) is 4.46. The highest BCUT2D eigenvalue weighted by molar-refractivity contribution is 5.92. The molecule has 0 amide bonds. The van der Waals surface area contributed by atoms with Crippen LogP contribution in [-0.4, -0.2) is 25.7 Å². The fourth-order valence-corrected chi connectivity index (χ4v) is 2.83. The average molecular weight is 418 g/mol. The number of hydrogen-bond acceptors (Lipinski definition) is 5. The van der Waals surface area contributed by atoms with E-state index in [-0.39, 0.29) is 5.97 Å². The van der Waals surface area contributed by atoms with Crippen molar-refractivity contribution < 1.29 is 23.8 Å². The first-order valence-electron chi connectivity index (χ1n) is 10.2. The van der Waals surface area contributed by atoms with Gasteiger partial charge in [-0.2, -0.15) is 0 Å². The maximum Gasteiger partial charge on any atom is 0.343 e. The van der Waals surface area contributed by atoms with Gasteiger partial charge in [-0.1, -0.05) is 44.5 Å². The van der Waals surface area contributed by atoms with Gasteiger partial charge in [-0.15, -0.1) is 0 Å². The summed E-state index contributed by atoms with van der Waals surface area (Å²) in [4.78, 5) is 24.5. The van der Waals surface area contributed by atoms with E-state index in [4.69, 9.17) is 14.2 Å². The highest BCUT2D eigenvalue weighted by Gasteiger charge is 2.12. The average Bonchev–Trinajstić information content (AvgIpc) is 2.82. The third-order valence-electron chi connectivity index (χ3n) is 5.04. The summed E-state index contributed by atoms with van der Waals surface area (Å²) in [5.74, 6) is 0.627. The van der Waals surface area contributed by atoms with E-state index in [1.54, 1.807) is 43.5 Å². The Kier molecular flexibility index (Phi) is 7.44. The Labute approximate surface area is 182 Å². The fraction of sp³-hybridized carbons (Fsp3) is 0.231. The molecular weight excluding hydrogens is 392 g/mol. The minimum absolute atomic E-state index is 0.320. The molecule has 0 aromatic heterocycles. The van der Waals surface area contributed by atoms with E-state index in [2.05, 4.69) is 0 Å². The zero-order valence-corrected chi connectivity index (χ0v) is 18.0. The monoisotopic (exact) mass is 418 g/mol. The molecule has 0 N–H and O–H groups in total. The summed E-state index contributed by atoms with van der Waals surface area (Å²) in [6, 6.07) is 21.2. The van der Waals surface area contributed by atoms with Crippen LogP contribution in [0.4, 0.5) is 0 Å². The SMILES string of the molecule is CCC(C)COC(=O)c1ccc(OC(=O)c2ccc(-c3ccc(OC)cc3)cc2)cc1. The van der Waals surface area contributed by atoms with E-state index >= 15 is 0 Å². The van der Waals surface area contributed by atoms with Crippen LogP contribution in [-0.2, 0) is 4.74 Å². The van der Waals surface area contributed by atoms with Crippen molar-refractivity contribution in [1.29, 1.82) is 0 Å². The van der Waals surface area contributed by atoms with Gasteiger partial charge in [-0.3, -0.25) is 0 Å². The van der Waals surface area contributed by atoms with Gasteiger partial charge in [-0.05, 0) is 65.6 Å². The summed E-state index contributed by atoms with van der Waals surface area (Å²) in [6.07, 6.45) is 0.948. The molecule has 0 spiro atoms. The second-order valence-corrected chi connectivity index (χ2v) is 7.33. The highest BCUT2D eigenvalue weighted by atomic mass is 16.5. The van der Waals surface area contributed by atoms with Crippen LogP contribution in [0.5, 0.6) is 11.5 Å². The molecule has 1 atom stereocenters. The van der Waals surface area contributed by atoms with Crippen LogP contribution in [0, 0.1) is 5.92 Å². The zero-order valence-electron chi connectivity index (χ0n) is 18.0. The minimum atomic E-state index is -0.464. The third kappa shape index (κ3) is 5.95. The van der Waals surface area contributed by atoms with Crippen LogP contribution in [0.2, 0.25) is 0 Å². The lowest BCUT2D eigenvalue weighted by molar-refractivity contribution is 0.0447. The normalized spacial score (nSPS) is 11.5. The Bertz CT molecular complexity index is 1010. The second kappa shape index (κ2) is 10.4. The predicted octanol–water partition coefficient (Wildman–Crippen LogP) is 5.78. The van der Waals surface area contributed by atoms with E-state index in [1.807, 2.05) is 50.2 Å². The number of methoxy groups -OCH3 is 1. The van der Waals surface area contributed by atoms with Gasteiger partial charge in [0.15, 0.2) is 0 Å². The van der Waals surface area contributed by atoms with Gasteiger partial charge in [0, 0.05) is 0 Å². The topological polar surface area (TPSA) is 61.8 Å². The first-order chi connectivity index (χ1) is 15.0. The zero-order chi connectivity index (χ0) is 22.2. The molecule has 0 bridgehead atoms. The quantitative estimate of drug-likeness (QED) is 0.343. The van der Waals surface area contributed by atoms with E-state index in [9.17, 15) is 9.59 Å². The number of carbonyl (C=O) groups is 2. The molecule has 3 aromatic rings. The lowest BCUT2D eigenvalue weighted by Gasteiger charge is -2.10. The van der Waals surface area contributed by atoms with Crippen LogP contribution in [0.25, 0.3) is 11.1 Å². The summed E-state index contributed by atoms with van der Waals surface area (Å²) in [5.41, 5.74) is 2.87. The standard InChI is InChI=1S/C26H26O5/c1-4-18(2)17-30-25(27)21-11-15-24(16-12-21)31-26(28)22-7-5-19(6-8-22)20-9-13-23(29-3)14-10-20/h5-16,18H,4,17H2,1-3H3. The Morgan fingerprint density at radius 1 is 0.742 bits per heavy atom. The predicted molar refractivity (Wildman–Crippen MR) is 120 cm³/mol. The molecule has 3 rings (SSSR count). The van der Waals surface area contributed by atoms with Crippen LogP contribution < -0.4 is 9.47 Å². The second-order valence-electron chi connectivity index (χ2n) is 7.33. The number of carbonyl (C=O) groups excluding carboxylic acids is 2. The summed E-state index contributed by atoms with van der Waals surface area (Å²) in [7, 11) is 1.63. The molecule has 1 unspecified atom stereocenters. The van der Waals surface area contributed by atoms with E-state index in [0.29, 0.717) is 29.4 Å². The minimum Gasteiger partial charge on any atom is -0.497 e. The van der Waals surface area contributed by atoms with Gasteiger partial charge < -0.3 is 14.2 Å². The Morgan fingerprint density at radius 2 is 1.23 bits per heavy atom. The molecule has 0 aliphatic heterocycles. The molecule has 5 nitrogen and oxygen atoms in total. The van der Waals surface area contributed by atoms with Gasteiger partial charge in [-0.25, -0.2) is 9.59 Å². The molecular formula is C26H26O5. The first-order valence-corrected chi connectivity index (χ1v) is 10.2. The summed E-state index contributed by atoms with van der Waals surface area (Å²) < 4.78 is 15.9. The van der Waals surface area contributed by atoms with Gasteiger partial charge >= 0.3 is 11.9 Å².